The highest BCUT2D eigenvalue weighted by molar-refractivity contribution is 6.17. The van der Waals surface area contributed by atoms with Crippen LogP contribution >= 0.6 is 0 Å². The highest BCUT2D eigenvalue weighted by Gasteiger charge is 2.32. The van der Waals surface area contributed by atoms with Gasteiger partial charge in [-0.2, -0.15) is 0 Å². The summed E-state index contributed by atoms with van der Waals surface area (Å²) >= 11 is 0. The van der Waals surface area contributed by atoms with Crippen molar-refractivity contribution in [2.45, 2.75) is 55.4 Å². The molecule has 0 aliphatic rings. The smallest absolute Gasteiger partial charge is 0.197 e. The maximum absolute atomic E-state index is 9.02. The van der Waals surface area contributed by atoms with Gasteiger partial charge in [-0.3, -0.25) is 0 Å². The molecule has 12 nitrogen and oxygen atoms in total. The van der Waals surface area contributed by atoms with E-state index in [1.54, 1.807) is 0 Å². The molecule has 0 aliphatic heterocycles. The standard InChI is InChI=1S/2C68H48N6/c1-42-30-34-50(44(3)38-42)48-32-36-60-55(40-48)52-22-12-14-26-58(52)73(60)62-28-16-24-54(68-71-66(46-18-8-6-9-19-46)70-67(72-68)47-20-10-7-11-21-47)64(62)65-57(69-5)25-17-29-63(65)74-59-27-15-13-23-53(59)56-41-49(33-37-61(56)74)51-35-31-43(2)39-45(51)4;1-42-34-43(2)37-50(36-42)48-30-32-60-55(40-48)52-22-12-14-26-58(52)73(60)62-28-16-24-54(68-71-66(46-18-8-6-9-19-46)70-67(72-68)47-20-10-7-11-21-47)64(62)65-57(69-5)25-17-29-63(65)74-59-27-15-13-23-53(59)56-41-49(31-33-61(56)74)51-38-44(3)35-45(4)39-51/h2*6-41H,1-4H3. The number of benzene rings is 20. The first-order valence-electron chi connectivity index (χ1n) is 50.1. The van der Waals surface area contributed by atoms with Crippen LogP contribution < -0.4 is 0 Å². The molecule has 6 aromatic heterocycles. The van der Waals surface area contributed by atoms with Gasteiger partial charge in [0, 0.05) is 110 Å². The van der Waals surface area contributed by atoms with Crippen LogP contribution in [0.5, 0.6) is 0 Å². The number of aromatic nitrogens is 10. The highest BCUT2D eigenvalue weighted by atomic mass is 15.1. The van der Waals surface area contributed by atoms with Crippen LogP contribution in [-0.4, -0.2) is 48.2 Å². The SMILES string of the molecule is [C-]#[N+]c1cccc(-n2c3ccccc3c3cc(-c4cc(C)cc(C)c4)ccc32)c1-c1c(-c2nc(-c3ccccc3)nc(-c3ccccc3)n2)cccc1-n1c2ccccc2c2cc(-c3cc(C)cc(C)c3)ccc21.[C-]#[N+]c1cccc(-n2c3ccccc3c3cc(-c4ccc(C)cc4C)ccc32)c1-c1c(-c2nc(-c3ccccc3)nc(-c3ccccc3)n2)cccc1-n1c2ccccc2c2cc(-c3ccc(C)cc3C)ccc21. The quantitative estimate of drug-likeness (QED) is 0.0892. The van der Waals surface area contributed by atoms with Crippen molar-refractivity contribution >= 4 is 98.6 Å². The van der Waals surface area contributed by atoms with Crippen LogP contribution in [0.3, 0.4) is 0 Å². The zero-order valence-electron chi connectivity index (χ0n) is 82.9. The van der Waals surface area contributed by atoms with Crippen LogP contribution in [0.15, 0.2) is 437 Å². The Labute approximate surface area is 858 Å². The molecule has 0 spiro atoms. The average Bonchev–Trinajstić information content (AvgIpc) is 1.57. The Bertz CT molecular complexity index is 9830. The lowest BCUT2D eigenvalue weighted by molar-refractivity contribution is 1.07. The summed E-state index contributed by atoms with van der Waals surface area (Å²) in [6, 6.07) is 154. The zero-order chi connectivity index (χ0) is 100. The molecular formula is C136H96N12. The van der Waals surface area contributed by atoms with Crippen molar-refractivity contribution in [2.75, 3.05) is 0 Å². The normalized spacial score (nSPS) is 11.5. The lowest BCUT2D eigenvalue weighted by Gasteiger charge is -2.22. The van der Waals surface area contributed by atoms with E-state index in [9.17, 15) is 0 Å². The van der Waals surface area contributed by atoms with Crippen LogP contribution in [0.25, 0.3) is 255 Å². The maximum Gasteiger partial charge on any atom is 0.197 e. The van der Waals surface area contributed by atoms with Crippen molar-refractivity contribution in [2.24, 2.45) is 0 Å². The second kappa shape index (κ2) is 37.2. The molecule has 12 heteroatoms. The first-order valence-corrected chi connectivity index (χ1v) is 50.1. The first-order chi connectivity index (χ1) is 72.6. The van der Waals surface area contributed by atoms with E-state index in [-0.39, 0.29) is 0 Å². The van der Waals surface area contributed by atoms with Gasteiger partial charge in [-0.1, -0.05) is 373 Å². The average molecular weight is 1900 g/mol. The molecule has 0 aliphatic carbocycles. The molecule has 0 amide bonds. The van der Waals surface area contributed by atoms with Gasteiger partial charge in [-0.25, -0.2) is 39.6 Å². The van der Waals surface area contributed by atoms with Crippen molar-refractivity contribution in [1.82, 2.24) is 48.2 Å². The summed E-state index contributed by atoms with van der Waals surface area (Å²) in [7, 11) is 0. The number of hydrogen-bond acceptors (Lipinski definition) is 6. The van der Waals surface area contributed by atoms with E-state index in [1.165, 1.54) is 66.8 Å². The van der Waals surface area contributed by atoms with Gasteiger partial charge in [0.1, 0.15) is 0 Å². The van der Waals surface area contributed by atoms with Crippen molar-refractivity contribution in [3.63, 3.8) is 0 Å². The first kappa shape index (κ1) is 89.9. The zero-order valence-corrected chi connectivity index (χ0v) is 82.9. The second-order valence-electron chi connectivity index (χ2n) is 38.8. The van der Waals surface area contributed by atoms with Gasteiger partial charge in [0.2, 0.25) is 0 Å². The minimum Gasteiger partial charge on any atom is -0.310 e. The van der Waals surface area contributed by atoms with Gasteiger partial charge in [0.15, 0.2) is 46.3 Å². The Morgan fingerprint density at radius 3 is 0.723 bits per heavy atom. The molecule has 6 heterocycles. The van der Waals surface area contributed by atoms with Crippen LogP contribution in [-0.2, 0) is 0 Å². The number of aryl methyl sites for hydroxylation is 8. The number of fused-ring (bicyclic) bond motifs is 12. The fraction of sp³-hybridized carbons (Fsp3) is 0.0588. The maximum atomic E-state index is 9.02. The number of para-hydroxylation sites is 4. The van der Waals surface area contributed by atoms with E-state index >= 15 is 0 Å². The third-order valence-corrected chi connectivity index (χ3v) is 28.9. The van der Waals surface area contributed by atoms with Crippen LogP contribution in [0, 0.1) is 68.5 Å². The van der Waals surface area contributed by atoms with Crippen molar-refractivity contribution in [1.29, 1.82) is 0 Å². The molecule has 700 valence electrons. The summed E-state index contributed by atoms with van der Waals surface area (Å²) in [5.41, 5.74) is 40.4. The molecule has 0 saturated carbocycles. The van der Waals surface area contributed by atoms with Gasteiger partial charge < -0.3 is 18.3 Å². The summed E-state index contributed by atoms with van der Waals surface area (Å²) < 4.78 is 9.44. The Hall–Kier alpha value is -19.4. The van der Waals surface area contributed by atoms with Crippen molar-refractivity contribution in [3.8, 4) is 158 Å². The second-order valence-corrected chi connectivity index (χ2v) is 38.8. The molecular weight excluding hydrogens is 1800 g/mol. The Morgan fingerprint density at radius 2 is 0.426 bits per heavy atom. The van der Waals surface area contributed by atoms with Crippen molar-refractivity contribution < 1.29 is 0 Å². The summed E-state index contributed by atoms with van der Waals surface area (Å²) in [5, 5.41) is 9.03. The number of hydrogen-bond donors (Lipinski definition) is 0. The molecule has 20 aromatic carbocycles. The van der Waals surface area contributed by atoms with Gasteiger partial charge in [-0.05, 0) is 208 Å². The Balaban J connectivity index is 0.000000154. The molecule has 0 radical (unpaired) electrons. The molecule has 26 rings (SSSR count). The molecule has 0 atom stereocenters. The predicted molar refractivity (Wildman–Crippen MR) is 613 cm³/mol. The van der Waals surface area contributed by atoms with Gasteiger partial charge in [0.05, 0.1) is 68.7 Å². The molecule has 0 fully saturated rings. The third kappa shape index (κ3) is 15.9. The number of rotatable bonds is 16. The van der Waals surface area contributed by atoms with Gasteiger partial charge in [0.25, 0.3) is 0 Å². The summed E-state index contributed by atoms with van der Waals surface area (Å²) in [6.07, 6.45) is 0. The van der Waals surface area contributed by atoms with Crippen LogP contribution in [0.2, 0.25) is 0 Å². The molecule has 0 bridgehead atoms. The lowest BCUT2D eigenvalue weighted by Crippen LogP contribution is -2.06. The van der Waals surface area contributed by atoms with Crippen molar-refractivity contribution in [3.05, 3.63) is 504 Å². The topological polar surface area (TPSA) is 106 Å². The fourth-order valence-corrected chi connectivity index (χ4v) is 22.5. The largest absolute Gasteiger partial charge is 0.310 e. The van der Waals surface area contributed by atoms with E-state index in [2.05, 4.69) is 375 Å². The molecule has 0 N–H and O–H groups in total. The number of nitrogens with zero attached hydrogens (tertiary/aromatic N) is 12. The van der Waals surface area contributed by atoms with E-state index in [1.807, 2.05) is 146 Å². The van der Waals surface area contributed by atoms with Crippen LogP contribution in [0.1, 0.15) is 44.5 Å². The summed E-state index contributed by atoms with van der Waals surface area (Å²) in [5.74, 6) is 3.23. The van der Waals surface area contributed by atoms with E-state index in [0.717, 1.165) is 188 Å². The van der Waals surface area contributed by atoms with Gasteiger partial charge in [-0.15, -0.1) is 0 Å². The summed E-state index contributed by atoms with van der Waals surface area (Å²) in [4.78, 5) is 40.5. The highest BCUT2D eigenvalue weighted by Crippen LogP contribution is 2.53. The van der Waals surface area contributed by atoms with E-state index in [4.69, 9.17) is 43.0 Å². The third-order valence-electron chi connectivity index (χ3n) is 28.9. The predicted octanol–water partition coefficient (Wildman–Crippen LogP) is 35.7. The monoisotopic (exact) mass is 1900 g/mol. The van der Waals surface area contributed by atoms with Crippen LogP contribution in [0.4, 0.5) is 11.4 Å². The van der Waals surface area contributed by atoms with E-state index in [0.29, 0.717) is 46.3 Å². The minimum absolute atomic E-state index is 0.499. The van der Waals surface area contributed by atoms with Gasteiger partial charge >= 0.3 is 0 Å². The Morgan fingerprint density at radius 1 is 0.169 bits per heavy atom. The fourth-order valence-electron chi connectivity index (χ4n) is 22.5. The summed E-state index contributed by atoms with van der Waals surface area (Å²) in [6.45, 7) is 35.3. The molecule has 0 saturated heterocycles. The molecule has 26 aromatic rings. The minimum atomic E-state index is 0.499. The molecule has 0 unspecified atom stereocenters. The van der Waals surface area contributed by atoms with E-state index < -0.39 is 0 Å². The Kier molecular flexibility index (Phi) is 22.6. The lowest BCUT2D eigenvalue weighted by atomic mass is 9.93. The molecule has 148 heavy (non-hydrogen) atoms.